The van der Waals surface area contributed by atoms with E-state index in [2.05, 4.69) is 5.32 Å². The van der Waals surface area contributed by atoms with Crippen LogP contribution in [0, 0.1) is 39.0 Å². The molecule has 1 aromatic heterocycles. The monoisotopic (exact) mass is 470 g/mol. The molecule has 180 valence electrons. The van der Waals surface area contributed by atoms with E-state index in [1.807, 2.05) is 86.9 Å². The first-order chi connectivity index (χ1) is 16.7. The van der Waals surface area contributed by atoms with Crippen LogP contribution in [0.15, 0.2) is 54.1 Å². The van der Waals surface area contributed by atoms with E-state index < -0.39 is 5.91 Å². The van der Waals surface area contributed by atoms with Crippen LogP contribution < -0.4 is 10.1 Å². The molecule has 7 nitrogen and oxygen atoms in total. The molecule has 35 heavy (non-hydrogen) atoms. The van der Waals surface area contributed by atoms with Crippen LogP contribution >= 0.6 is 0 Å². The largest absolute Gasteiger partial charge is 0.497 e. The molecule has 0 saturated carbocycles. The summed E-state index contributed by atoms with van der Waals surface area (Å²) in [5.41, 5.74) is 6.15. The van der Waals surface area contributed by atoms with Crippen molar-refractivity contribution < 1.29 is 14.3 Å². The number of aryl methyl sites for hydroxylation is 3. The number of nitrogens with one attached hydrogen (secondary N) is 1. The first kappa shape index (κ1) is 25.3. The number of amides is 2. The molecule has 0 radical (unpaired) electrons. The number of benzene rings is 2. The SMILES string of the molecule is COc1ccc(-n2c(C)cc(/C=C(/C#N)C(=O)N(C)CC(=O)Nc3c(C)cccc3C)c2C)cc1. The van der Waals surface area contributed by atoms with Gasteiger partial charge in [0.2, 0.25) is 5.91 Å². The molecule has 1 heterocycles. The Hall–Kier alpha value is -4.31. The van der Waals surface area contributed by atoms with Crippen LogP contribution in [-0.4, -0.2) is 42.0 Å². The number of anilines is 1. The molecule has 0 aliphatic heterocycles. The molecule has 0 unspecified atom stereocenters. The Morgan fingerprint density at radius 2 is 1.71 bits per heavy atom. The third-order valence-electron chi connectivity index (χ3n) is 5.92. The first-order valence-electron chi connectivity index (χ1n) is 11.2. The average Bonchev–Trinajstić information content (AvgIpc) is 3.12. The molecular weight excluding hydrogens is 440 g/mol. The van der Waals surface area contributed by atoms with Gasteiger partial charge in [-0.15, -0.1) is 0 Å². The Bertz CT molecular complexity index is 1310. The minimum atomic E-state index is -0.515. The second-order valence-electron chi connectivity index (χ2n) is 8.51. The Balaban J connectivity index is 1.79. The van der Waals surface area contributed by atoms with Crippen molar-refractivity contribution in [3.05, 3.63) is 82.2 Å². The summed E-state index contributed by atoms with van der Waals surface area (Å²) in [6.45, 7) is 7.56. The van der Waals surface area contributed by atoms with Crippen LogP contribution in [0.2, 0.25) is 0 Å². The minimum Gasteiger partial charge on any atom is -0.497 e. The number of hydrogen-bond acceptors (Lipinski definition) is 4. The van der Waals surface area contributed by atoms with E-state index in [-0.39, 0.29) is 18.0 Å². The summed E-state index contributed by atoms with van der Waals surface area (Å²) in [4.78, 5) is 26.8. The van der Waals surface area contributed by atoms with Crippen molar-refractivity contribution in [3.63, 3.8) is 0 Å². The molecule has 7 heteroatoms. The van der Waals surface area contributed by atoms with Gasteiger partial charge in [-0.1, -0.05) is 18.2 Å². The van der Waals surface area contributed by atoms with Gasteiger partial charge in [0.25, 0.3) is 5.91 Å². The highest BCUT2D eigenvalue weighted by Gasteiger charge is 2.19. The predicted molar refractivity (Wildman–Crippen MR) is 138 cm³/mol. The van der Waals surface area contributed by atoms with Crippen LogP contribution in [0.5, 0.6) is 5.75 Å². The molecule has 0 bridgehead atoms. The molecule has 1 N–H and O–H groups in total. The highest BCUT2D eigenvalue weighted by molar-refractivity contribution is 6.04. The number of carbonyl (C=O) groups excluding carboxylic acids is 2. The zero-order valence-corrected chi connectivity index (χ0v) is 21.0. The maximum Gasteiger partial charge on any atom is 0.264 e. The lowest BCUT2D eigenvalue weighted by Crippen LogP contribution is -2.35. The van der Waals surface area contributed by atoms with Crippen molar-refractivity contribution in [1.29, 1.82) is 5.26 Å². The van der Waals surface area contributed by atoms with Gasteiger partial charge < -0.3 is 19.5 Å². The number of para-hydroxylation sites is 1. The Kier molecular flexibility index (Phi) is 7.77. The Morgan fingerprint density at radius 3 is 2.29 bits per heavy atom. The number of rotatable bonds is 7. The second kappa shape index (κ2) is 10.7. The van der Waals surface area contributed by atoms with E-state index >= 15 is 0 Å². The highest BCUT2D eigenvalue weighted by Crippen LogP contribution is 2.25. The maximum atomic E-state index is 13.0. The summed E-state index contributed by atoms with van der Waals surface area (Å²) in [5, 5.41) is 12.6. The average molecular weight is 471 g/mol. The number of likely N-dealkylation sites (N-methyl/N-ethyl adjacent to an activating group) is 1. The molecule has 0 saturated heterocycles. The lowest BCUT2D eigenvalue weighted by molar-refractivity contribution is -0.129. The molecule has 0 fully saturated rings. The summed E-state index contributed by atoms with van der Waals surface area (Å²) in [5.74, 6) is -0.0787. The van der Waals surface area contributed by atoms with Gasteiger partial charge in [-0.3, -0.25) is 9.59 Å². The van der Waals surface area contributed by atoms with Crippen LogP contribution in [0.1, 0.15) is 28.1 Å². The number of carbonyl (C=O) groups is 2. The summed E-state index contributed by atoms with van der Waals surface area (Å²) >= 11 is 0. The van der Waals surface area contributed by atoms with Crippen molar-refractivity contribution in [1.82, 2.24) is 9.47 Å². The zero-order chi connectivity index (χ0) is 25.7. The number of hydrogen-bond donors (Lipinski definition) is 1. The topological polar surface area (TPSA) is 87.4 Å². The third kappa shape index (κ3) is 5.61. The van der Waals surface area contributed by atoms with Gasteiger partial charge in [-0.2, -0.15) is 5.26 Å². The van der Waals surface area contributed by atoms with Crippen LogP contribution in [0.25, 0.3) is 11.8 Å². The Morgan fingerprint density at radius 1 is 1.09 bits per heavy atom. The fraction of sp³-hybridized carbons (Fsp3) is 0.250. The summed E-state index contributed by atoms with van der Waals surface area (Å²) < 4.78 is 7.28. The van der Waals surface area contributed by atoms with Crippen molar-refractivity contribution in [3.8, 4) is 17.5 Å². The Labute approximate surface area is 206 Å². The number of aromatic nitrogens is 1. The van der Waals surface area contributed by atoms with Crippen LogP contribution in [-0.2, 0) is 9.59 Å². The van der Waals surface area contributed by atoms with E-state index in [9.17, 15) is 14.9 Å². The molecule has 0 spiro atoms. The number of methoxy groups -OCH3 is 1. The molecule has 3 aromatic rings. The summed E-state index contributed by atoms with van der Waals surface area (Å²) in [7, 11) is 3.13. The molecule has 3 rings (SSSR count). The summed E-state index contributed by atoms with van der Waals surface area (Å²) in [6, 6.07) is 17.3. The first-order valence-corrected chi connectivity index (χ1v) is 11.2. The predicted octanol–water partition coefficient (Wildman–Crippen LogP) is 4.72. The zero-order valence-electron chi connectivity index (χ0n) is 21.0. The lowest BCUT2D eigenvalue weighted by atomic mass is 10.1. The molecule has 0 atom stereocenters. The van der Waals surface area contributed by atoms with Gasteiger partial charge in [-0.05, 0) is 80.8 Å². The standard InChI is InChI=1S/C28H30N4O3/c1-18-8-7-9-19(2)27(18)30-26(33)17-31(5)28(34)23(16-29)15-22-14-20(3)32(21(22)4)24-10-12-25(35-6)13-11-24/h7-15H,17H2,1-6H3,(H,30,33)/b23-15-. The lowest BCUT2D eigenvalue weighted by Gasteiger charge is -2.18. The third-order valence-corrected chi connectivity index (χ3v) is 5.92. The smallest absolute Gasteiger partial charge is 0.264 e. The highest BCUT2D eigenvalue weighted by atomic mass is 16.5. The van der Waals surface area contributed by atoms with E-state index in [0.29, 0.717) is 0 Å². The number of ether oxygens (including phenoxy) is 1. The van der Waals surface area contributed by atoms with Crippen LogP contribution in [0.4, 0.5) is 5.69 Å². The van der Waals surface area contributed by atoms with Crippen molar-refractivity contribution in [2.75, 3.05) is 26.0 Å². The van der Waals surface area contributed by atoms with Crippen molar-refractivity contribution in [2.24, 2.45) is 0 Å². The number of nitriles is 1. The van der Waals surface area contributed by atoms with E-state index in [0.717, 1.165) is 45.2 Å². The van der Waals surface area contributed by atoms with Gasteiger partial charge in [0.05, 0.1) is 13.7 Å². The van der Waals surface area contributed by atoms with Crippen LogP contribution in [0.3, 0.4) is 0 Å². The van der Waals surface area contributed by atoms with E-state index in [1.165, 1.54) is 11.9 Å². The fourth-order valence-corrected chi connectivity index (χ4v) is 4.04. The normalized spacial score (nSPS) is 11.1. The van der Waals surface area contributed by atoms with Gasteiger partial charge in [0, 0.05) is 29.8 Å². The summed E-state index contributed by atoms with van der Waals surface area (Å²) in [6.07, 6.45) is 1.57. The van der Waals surface area contributed by atoms with E-state index in [1.54, 1.807) is 13.2 Å². The van der Waals surface area contributed by atoms with Gasteiger partial charge in [0.1, 0.15) is 17.4 Å². The van der Waals surface area contributed by atoms with Gasteiger partial charge in [-0.25, -0.2) is 0 Å². The fourth-order valence-electron chi connectivity index (χ4n) is 4.04. The molecule has 0 aliphatic carbocycles. The van der Waals surface area contributed by atoms with E-state index in [4.69, 9.17) is 4.74 Å². The van der Waals surface area contributed by atoms with Gasteiger partial charge >= 0.3 is 0 Å². The molecule has 0 aliphatic rings. The van der Waals surface area contributed by atoms with Gasteiger partial charge in [0.15, 0.2) is 0 Å². The van der Waals surface area contributed by atoms with Crippen molar-refractivity contribution >= 4 is 23.6 Å². The van der Waals surface area contributed by atoms with Crippen molar-refractivity contribution in [2.45, 2.75) is 27.7 Å². The molecular formula is C28H30N4O3. The maximum absolute atomic E-state index is 13.0. The molecule has 2 aromatic carbocycles. The number of nitrogens with zero attached hydrogens (tertiary/aromatic N) is 3. The quantitative estimate of drug-likeness (QED) is 0.400. The second-order valence-corrected chi connectivity index (χ2v) is 8.51. The molecule has 2 amide bonds. The minimum absolute atomic E-state index is 0.0395.